The van der Waals surface area contributed by atoms with Crippen molar-refractivity contribution in [3.63, 3.8) is 0 Å². The molecule has 0 aromatic heterocycles. The molecule has 1 unspecified atom stereocenters. The molecule has 1 fully saturated rings. The zero-order valence-corrected chi connectivity index (χ0v) is 7.45. The predicted octanol–water partition coefficient (Wildman–Crippen LogP) is 0.434. The molecule has 3 heteroatoms. The van der Waals surface area contributed by atoms with E-state index in [1.807, 2.05) is 25.9 Å². The van der Waals surface area contributed by atoms with E-state index >= 15 is 0 Å². The van der Waals surface area contributed by atoms with Crippen LogP contribution >= 0.6 is 0 Å². The summed E-state index contributed by atoms with van der Waals surface area (Å²) < 4.78 is 5.27. The number of aliphatic hydroxyl groups excluding tert-OH is 1. The molecule has 0 aromatic rings. The molecule has 1 aliphatic rings. The third kappa shape index (κ3) is 2.15. The van der Waals surface area contributed by atoms with E-state index in [1.165, 1.54) is 0 Å². The van der Waals surface area contributed by atoms with Crippen molar-refractivity contribution in [3.8, 4) is 0 Å². The SMILES string of the molecule is C[C@@H]1CC[C@H](N(C)C)C(O)O1. The third-order valence-corrected chi connectivity index (χ3v) is 2.23. The Hall–Kier alpha value is -0.120. The number of likely N-dealkylation sites (N-methyl/N-ethyl adjacent to an activating group) is 1. The van der Waals surface area contributed by atoms with E-state index in [-0.39, 0.29) is 12.1 Å². The Kier molecular flexibility index (Phi) is 2.87. The number of aliphatic hydroxyl groups is 1. The van der Waals surface area contributed by atoms with E-state index in [0.717, 1.165) is 12.8 Å². The summed E-state index contributed by atoms with van der Waals surface area (Å²) in [5.74, 6) is 0. The molecule has 0 spiro atoms. The van der Waals surface area contributed by atoms with Gasteiger partial charge in [0.05, 0.1) is 12.1 Å². The first-order chi connectivity index (χ1) is 5.11. The second kappa shape index (κ2) is 3.52. The zero-order chi connectivity index (χ0) is 8.43. The molecule has 11 heavy (non-hydrogen) atoms. The summed E-state index contributed by atoms with van der Waals surface area (Å²) >= 11 is 0. The Bertz CT molecular complexity index is 127. The molecule has 1 heterocycles. The first kappa shape index (κ1) is 8.97. The van der Waals surface area contributed by atoms with Gasteiger partial charge in [0.15, 0.2) is 6.29 Å². The second-order valence-corrected chi connectivity index (χ2v) is 3.45. The lowest BCUT2D eigenvalue weighted by Crippen LogP contribution is -2.45. The van der Waals surface area contributed by atoms with Crippen molar-refractivity contribution >= 4 is 0 Å². The van der Waals surface area contributed by atoms with Gasteiger partial charge in [-0.2, -0.15) is 0 Å². The molecule has 0 saturated carbocycles. The molecule has 1 N–H and O–H groups in total. The zero-order valence-electron chi connectivity index (χ0n) is 7.45. The van der Waals surface area contributed by atoms with Crippen molar-refractivity contribution in [2.75, 3.05) is 14.1 Å². The molecule has 3 nitrogen and oxygen atoms in total. The summed E-state index contributed by atoms with van der Waals surface area (Å²) in [4.78, 5) is 2.01. The molecule has 1 rings (SSSR count). The Labute approximate surface area is 68.0 Å². The van der Waals surface area contributed by atoms with Crippen molar-refractivity contribution in [3.05, 3.63) is 0 Å². The first-order valence-corrected chi connectivity index (χ1v) is 4.11. The highest BCUT2D eigenvalue weighted by molar-refractivity contribution is 4.75. The van der Waals surface area contributed by atoms with Gasteiger partial charge < -0.3 is 14.7 Å². The van der Waals surface area contributed by atoms with Crippen LogP contribution in [0.2, 0.25) is 0 Å². The van der Waals surface area contributed by atoms with Crippen LogP contribution in [-0.2, 0) is 4.74 Å². The fourth-order valence-corrected chi connectivity index (χ4v) is 1.46. The molecule has 3 atom stereocenters. The molecule has 0 aromatic carbocycles. The summed E-state index contributed by atoms with van der Waals surface area (Å²) in [6.45, 7) is 2.00. The normalized spacial score (nSPS) is 39.5. The van der Waals surface area contributed by atoms with Crippen LogP contribution in [0.3, 0.4) is 0 Å². The van der Waals surface area contributed by atoms with Crippen molar-refractivity contribution < 1.29 is 9.84 Å². The number of rotatable bonds is 1. The van der Waals surface area contributed by atoms with Crippen LogP contribution in [0.15, 0.2) is 0 Å². The quantitative estimate of drug-likeness (QED) is 0.602. The van der Waals surface area contributed by atoms with Crippen LogP contribution in [0.5, 0.6) is 0 Å². The summed E-state index contributed by atoms with van der Waals surface area (Å²) in [6, 6.07) is 0.172. The highest BCUT2D eigenvalue weighted by atomic mass is 16.6. The van der Waals surface area contributed by atoms with Gasteiger partial charge in [-0.15, -0.1) is 0 Å². The van der Waals surface area contributed by atoms with Crippen LogP contribution in [0.4, 0.5) is 0 Å². The minimum atomic E-state index is -0.603. The smallest absolute Gasteiger partial charge is 0.170 e. The summed E-state index contributed by atoms with van der Waals surface area (Å²) in [5, 5.41) is 9.45. The molecule has 66 valence electrons. The van der Waals surface area contributed by atoms with Gasteiger partial charge in [-0.1, -0.05) is 0 Å². The van der Waals surface area contributed by atoms with E-state index in [4.69, 9.17) is 4.74 Å². The van der Waals surface area contributed by atoms with Crippen LogP contribution in [0.25, 0.3) is 0 Å². The lowest BCUT2D eigenvalue weighted by atomic mass is 10.0. The van der Waals surface area contributed by atoms with Gasteiger partial charge in [-0.05, 0) is 33.9 Å². The highest BCUT2D eigenvalue weighted by Crippen LogP contribution is 2.20. The number of ether oxygens (including phenoxy) is 1. The Morgan fingerprint density at radius 3 is 2.45 bits per heavy atom. The first-order valence-electron chi connectivity index (χ1n) is 4.11. The monoisotopic (exact) mass is 159 g/mol. The van der Waals surface area contributed by atoms with Gasteiger partial charge >= 0.3 is 0 Å². The van der Waals surface area contributed by atoms with E-state index in [2.05, 4.69) is 0 Å². The second-order valence-electron chi connectivity index (χ2n) is 3.45. The van der Waals surface area contributed by atoms with Crippen molar-refractivity contribution in [2.45, 2.75) is 38.2 Å². The maximum absolute atomic E-state index is 9.45. The summed E-state index contributed by atoms with van der Waals surface area (Å²) in [7, 11) is 3.93. The average molecular weight is 159 g/mol. The van der Waals surface area contributed by atoms with Gasteiger partial charge in [0.25, 0.3) is 0 Å². The van der Waals surface area contributed by atoms with Gasteiger partial charge in [-0.25, -0.2) is 0 Å². The van der Waals surface area contributed by atoms with E-state index in [0.29, 0.717) is 0 Å². The van der Waals surface area contributed by atoms with E-state index < -0.39 is 6.29 Å². The number of hydrogen-bond donors (Lipinski definition) is 1. The molecule has 0 amide bonds. The fraction of sp³-hybridized carbons (Fsp3) is 1.00. The maximum Gasteiger partial charge on any atom is 0.170 e. The topological polar surface area (TPSA) is 32.7 Å². The Morgan fingerprint density at radius 2 is 2.00 bits per heavy atom. The van der Waals surface area contributed by atoms with E-state index in [1.54, 1.807) is 0 Å². The van der Waals surface area contributed by atoms with Crippen LogP contribution < -0.4 is 0 Å². The minimum absolute atomic E-state index is 0.172. The molecule has 0 bridgehead atoms. The van der Waals surface area contributed by atoms with Gasteiger partial charge in [-0.3, -0.25) is 0 Å². The third-order valence-electron chi connectivity index (χ3n) is 2.23. The highest BCUT2D eigenvalue weighted by Gasteiger charge is 2.28. The molecule has 0 radical (unpaired) electrons. The van der Waals surface area contributed by atoms with Crippen molar-refractivity contribution in [1.29, 1.82) is 0 Å². The van der Waals surface area contributed by atoms with Crippen LogP contribution in [0, 0.1) is 0 Å². The summed E-state index contributed by atoms with van der Waals surface area (Å²) in [6.07, 6.45) is 1.67. The van der Waals surface area contributed by atoms with Crippen molar-refractivity contribution in [1.82, 2.24) is 4.90 Å². The number of hydrogen-bond acceptors (Lipinski definition) is 3. The number of nitrogens with zero attached hydrogens (tertiary/aromatic N) is 1. The lowest BCUT2D eigenvalue weighted by molar-refractivity contribution is -0.189. The Balaban J connectivity index is 2.44. The van der Waals surface area contributed by atoms with Crippen molar-refractivity contribution in [2.24, 2.45) is 0 Å². The molecular formula is C8H17NO2. The minimum Gasteiger partial charge on any atom is -0.367 e. The standard InChI is InChI=1S/C8H17NO2/c1-6-4-5-7(9(2)3)8(10)11-6/h6-8,10H,4-5H2,1-3H3/t6-,7+,8?/m1/s1. The molecule has 1 aliphatic heterocycles. The predicted molar refractivity (Wildman–Crippen MR) is 43.3 cm³/mol. The fourth-order valence-electron chi connectivity index (χ4n) is 1.46. The van der Waals surface area contributed by atoms with Crippen LogP contribution in [0.1, 0.15) is 19.8 Å². The summed E-state index contributed by atoms with van der Waals surface area (Å²) in [5.41, 5.74) is 0. The van der Waals surface area contributed by atoms with Gasteiger partial charge in [0, 0.05) is 0 Å². The largest absolute Gasteiger partial charge is 0.367 e. The maximum atomic E-state index is 9.45. The average Bonchev–Trinajstić information content (AvgIpc) is 1.85. The van der Waals surface area contributed by atoms with Gasteiger partial charge in [0.1, 0.15) is 0 Å². The Morgan fingerprint density at radius 1 is 1.36 bits per heavy atom. The lowest BCUT2D eigenvalue weighted by Gasteiger charge is -2.35. The molecule has 1 saturated heterocycles. The van der Waals surface area contributed by atoms with Gasteiger partial charge in [0.2, 0.25) is 0 Å². The molecular weight excluding hydrogens is 142 g/mol. The van der Waals surface area contributed by atoms with E-state index in [9.17, 15) is 5.11 Å². The molecule has 0 aliphatic carbocycles. The van der Waals surface area contributed by atoms with Crippen LogP contribution in [-0.4, -0.2) is 42.5 Å².